The lowest BCUT2D eigenvalue weighted by molar-refractivity contribution is -0.134. The minimum absolute atomic E-state index is 0.0548. The van der Waals surface area contributed by atoms with Crippen LogP contribution in [0.1, 0.15) is 30.9 Å². The first-order chi connectivity index (χ1) is 9.58. The molecule has 4 heteroatoms. The molecule has 1 heterocycles. The van der Waals surface area contributed by atoms with Crippen molar-refractivity contribution in [2.75, 3.05) is 13.1 Å². The molecule has 2 amide bonds. The minimum Gasteiger partial charge on any atom is -0.352 e. The van der Waals surface area contributed by atoms with Crippen molar-refractivity contribution in [1.29, 1.82) is 0 Å². The molecule has 0 aliphatic carbocycles. The molecule has 1 atom stereocenters. The van der Waals surface area contributed by atoms with Crippen molar-refractivity contribution >= 4 is 11.8 Å². The lowest BCUT2D eigenvalue weighted by Crippen LogP contribution is -2.44. The molecule has 0 spiro atoms. The van der Waals surface area contributed by atoms with E-state index in [1.54, 1.807) is 11.8 Å². The molecule has 1 aromatic carbocycles. The summed E-state index contributed by atoms with van der Waals surface area (Å²) in [5.74, 6) is 0.0391. The van der Waals surface area contributed by atoms with Gasteiger partial charge < -0.3 is 10.2 Å². The Labute approximate surface area is 120 Å². The van der Waals surface area contributed by atoms with Gasteiger partial charge in [0.05, 0.1) is 5.92 Å². The van der Waals surface area contributed by atoms with Gasteiger partial charge in [-0.2, -0.15) is 0 Å². The monoisotopic (exact) mass is 274 g/mol. The Balaban J connectivity index is 1.89. The van der Waals surface area contributed by atoms with E-state index in [0.29, 0.717) is 13.1 Å². The van der Waals surface area contributed by atoms with Gasteiger partial charge in [0.15, 0.2) is 0 Å². The first kappa shape index (κ1) is 14.6. The third-order valence-corrected chi connectivity index (χ3v) is 3.95. The van der Waals surface area contributed by atoms with Crippen molar-refractivity contribution in [2.45, 2.75) is 33.2 Å². The number of amides is 2. The Hall–Kier alpha value is -1.84. The zero-order valence-corrected chi connectivity index (χ0v) is 12.2. The number of hydrogen-bond donors (Lipinski definition) is 1. The van der Waals surface area contributed by atoms with E-state index in [1.165, 1.54) is 5.56 Å². The number of likely N-dealkylation sites (tertiary alicyclic amines) is 1. The van der Waals surface area contributed by atoms with Gasteiger partial charge in [0.2, 0.25) is 11.8 Å². The highest BCUT2D eigenvalue weighted by atomic mass is 16.2. The van der Waals surface area contributed by atoms with Crippen molar-refractivity contribution in [3.63, 3.8) is 0 Å². The minimum atomic E-state index is -0.0725. The number of piperidine rings is 1. The second-order valence-corrected chi connectivity index (χ2v) is 5.45. The van der Waals surface area contributed by atoms with E-state index in [-0.39, 0.29) is 17.7 Å². The second-order valence-electron chi connectivity index (χ2n) is 5.45. The Morgan fingerprint density at radius 2 is 2.10 bits per heavy atom. The van der Waals surface area contributed by atoms with E-state index in [9.17, 15) is 9.59 Å². The number of carbonyl (C=O) groups is 2. The summed E-state index contributed by atoms with van der Waals surface area (Å²) < 4.78 is 0. The van der Waals surface area contributed by atoms with Gasteiger partial charge in [0.1, 0.15) is 0 Å². The third kappa shape index (κ3) is 3.59. The fraction of sp³-hybridized carbons (Fsp3) is 0.500. The van der Waals surface area contributed by atoms with Crippen LogP contribution in [0.4, 0.5) is 0 Å². The molecule has 0 bridgehead atoms. The maximum atomic E-state index is 12.2. The van der Waals surface area contributed by atoms with E-state index in [0.717, 1.165) is 24.9 Å². The van der Waals surface area contributed by atoms with Crippen LogP contribution in [-0.4, -0.2) is 29.8 Å². The molecule has 1 N–H and O–H groups in total. The first-order valence-electron chi connectivity index (χ1n) is 7.15. The predicted molar refractivity (Wildman–Crippen MR) is 78.0 cm³/mol. The molecule has 4 nitrogen and oxygen atoms in total. The Morgan fingerprint density at radius 3 is 2.80 bits per heavy atom. The molecule has 20 heavy (non-hydrogen) atoms. The maximum Gasteiger partial charge on any atom is 0.225 e. The average molecular weight is 274 g/mol. The molecule has 0 radical (unpaired) electrons. The summed E-state index contributed by atoms with van der Waals surface area (Å²) in [5, 5.41) is 2.99. The maximum absolute atomic E-state index is 12.2. The molecular weight excluding hydrogens is 252 g/mol. The number of carbonyl (C=O) groups excluding carboxylic acids is 2. The van der Waals surface area contributed by atoms with Crippen LogP contribution in [0.2, 0.25) is 0 Å². The normalized spacial score (nSPS) is 18.7. The summed E-state index contributed by atoms with van der Waals surface area (Å²) in [6, 6.07) is 8.04. The van der Waals surface area contributed by atoms with Crippen molar-refractivity contribution in [1.82, 2.24) is 10.2 Å². The Morgan fingerprint density at radius 1 is 1.35 bits per heavy atom. The van der Waals surface area contributed by atoms with E-state index in [2.05, 4.69) is 5.32 Å². The molecule has 0 aromatic heterocycles. The summed E-state index contributed by atoms with van der Waals surface area (Å²) in [6.07, 6.45) is 1.77. The summed E-state index contributed by atoms with van der Waals surface area (Å²) in [4.78, 5) is 25.4. The van der Waals surface area contributed by atoms with Gasteiger partial charge in [-0.1, -0.05) is 24.3 Å². The number of hydrogen-bond acceptors (Lipinski definition) is 2. The highest BCUT2D eigenvalue weighted by molar-refractivity contribution is 5.80. The van der Waals surface area contributed by atoms with Crippen LogP contribution in [0.15, 0.2) is 24.3 Å². The summed E-state index contributed by atoms with van der Waals surface area (Å²) in [7, 11) is 0. The highest BCUT2D eigenvalue weighted by Gasteiger charge is 2.26. The van der Waals surface area contributed by atoms with E-state index >= 15 is 0 Å². The third-order valence-electron chi connectivity index (χ3n) is 3.95. The molecule has 1 unspecified atom stereocenters. The van der Waals surface area contributed by atoms with E-state index < -0.39 is 0 Å². The summed E-state index contributed by atoms with van der Waals surface area (Å²) >= 11 is 0. The highest BCUT2D eigenvalue weighted by Crippen LogP contribution is 2.17. The van der Waals surface area contributed by atoms with Gasteiger partial charge in [-0.3, -0.25) is 9.59 Å². The number of benzene rings is 1. The van der Waals surface area contributed by atoms with Gasteiger partial charge >= 0.3 is 0 Å². The SMILES string of the molecule is CC(=O)N1CCCC(C(=O)NCc2ccccc2C)C1. The quantitative estimate of drug-likeness (QED) is 0.914. The number of rotatable bonds is 3. The van der Waals surface area contributed by atoms with Crippen molar-refractivity contribution in [3.05, 3.63) is 35.4 Å². The molecule has 0 saturated carbocycles. The molecule has 1 aliphatic heterocycles. The predicted octanol–water partition coefficient (Wildman–Crippen LogP) is 1.87. The van der Waals surface area contributed by atoms with Gasteiger partial charge in [-0.05, 0) is 30.9 Å². The number of nitrogens with one attached hydrogen (secondary N) is 1. The second kappa shape index (κ2) is 6.55. The lowest BCUT2D eigenvalue weighted by atomic mass is 9.97. The number of nitrogens with zero attached hydrogens (tertiary/aromatic N) is 1. The zero-order valence-electron chi connectivity index (χ0n) is 12.2. The molecular formula is C16H22N2O2. The van der Waals surface area contributed by atoms with Gasteiger partial charge in [0.25, 0.3) is 0 Å². The van der Waals surface area contributed by atoms with Gasteiger partial charge in [-0.15, -0.1) is 0 Å². The van der Waals surface area contributed by atoms with E-state index in [1.807, 2.05) is 31.2 Å². The topological polar surface area (TPSA) is 49.4 Å². The number of aryl methyl sites for hydroxylation is 1. The van der Waals surface area contributed by atoms with Crippen LogP contribution in [-0.2, 0) is 16.1 Å². The summed E-state index contributed by atoms with van der Waals surface area (Å²) in [5.41, 5.74) is 2.32. The largest absolute Gasteiger partial charge is 0.352 e. The standard InChI is InChI=1S/C16H22N2O2/c1-12-6-3-4-7-14(12)10-17-16(20)15-8-5-9-18(11-15)13(2)19/h3-4,6-7,15H,5,8-11H2,1-2H3,(H,17,20). The van der Waals surface area contributed by atoms with Crippen LogP contribution in [0, 0.1) is 12.8 Å². The molecule has 1 fully saturated rings. The van der Waals surface area contributed by atoms with Crippen LogP contribution >= 0.6 is 0 Å². The Bertz CT molecular complexity index is 499. The van der Waals surface area contributed by atoms with E-state index in [4.69, 9.17) is 0 Å². The first-order valence-corrected chi connectivity index (χ1v) is 7.15. The van der Waals surface area contributed by atoms with Crippen LogP contribution in [0.5, 0.6) is 0 Å². The van der Waals surface area contributed by atoms with Gasteiger partial charge in [-0.25, -0.2) is 0 Å². The van der Waals surface area contributed by atoms with Crippen molar-refractivity contribution < 1.29 is 9.59 Å². The van der Waals surface area contributed by atoms with Crippen LogP contribution < -0.4 is 5.32 Å². The van der Waals surface area contributed by atoms with Gasteiger partial charge in [0, 0.05) is 26.6 Å². The molecule has 1 aromatic rings. The molecule has 108 valence electrons. The summed E-state index contributed by atoms with van der Waals surface area (Å²) in [6.45, 7) is 5.49. The van der Waals surface area contributed by atoms with Crippen molar-refractivity contribution in [2.24, 2.45) is 5.92 Å². The smallest absolute Gasteiger partial charge is 0.225 e. The lowest BCUT2D eigenvalue weighted by Gasteiger charge is -2.31. The molecule has 1 aliphatic rings. The Kier molecular flexibility index (Phi) is 4.77. The molecule has 1 saturated heterocycles. The molecule has 2 rings (SSSR count). The van der Waals surface area contributed by atoms with Crippen molar-refractivity contribution in [3.8, 4) is 0 Å². The fourth-order valence-electron chi connectivity index (χ4n) is 2.61. The van der Waals surface area contributed by atoms with Crippen LogP contribution in [0.3, 0.4) is 0 Å². The zero-order chi connectivity index (χ0) is 14.5. The van der Waals surface area contributed by atoms with Crippen LogP contribution in [0.25, 0.3) is 0 Å². The average Bonchev–Trinajstić information content (AvgIpc) is 2.46. The fourth-order valence-corrected chi connectivity index (χ4v) is 2.61.